The number of carboxylic acid groups (broad SMARTS) is 1. The zero-order chi connectivity index (χ0) is 14.5. The smallest absolute Gasteiger partial charge is 0.340 e. The number of nitrogens with one attached hydrogen (secondary N) is 1. The van der Waals surface area contributed by atoms with Crippen molar-refractivity contribution in [1.29, 1.82) is 0 Å². The van der Waals surface area contributed by atoms with Gasteiger partial charge in [-0.25, -0.2) is 9.18 Å². The Hall–Kier alpha value is -2.17. The molecule has 0 bridgehead atoms. The first-order valence-corrected chi connectivity index (χ1v) is 6.57. The zero-order valence-electron chi connectivity index (χ0n) is 11.0. The van der Waals surface area contributed by atoms with Gasteiger partial charge in [-0.05, 0) is 37.8 Å². The minimum absolute atomic E-state index is 0.00101. The summed E-state index contributed by atoms with van der Waals surface area (Å²) in [4.78, 5) is 22.9. The van der Waals surface area contributed by atoms with E-state index in [0.717, 1.165) is 37.3 Å². The molecular formula is C15H16FNO3. The SMILES string of the molecule is O=C(CC1=CCCCC1)Nc1cccc(F)c1C(=O)O. The van der Waals surface area contributed by atoms with E-state index in [1.165, 1.54) is 12.1 Å². The van der Waals surface area contributed by atoms with Crippen molar-refractivity contribution in [2.75, 3.05) is 5.32 Å². The first-order chi connectivity index (χ1) is 9.58. The summed E-state index contributed by atoms with van der Waals surface area (Å²) < 4.78 is 13.5. The van der Waals surface area contributed by atoms with E-state index < -0.39 is 17.3 Å². The minimum atomic E-state index is -1.39. The van der Waals surface area contributed by atoms with Crippen molar-refractivity contribution in [3.63, 3.8) is 0 Å². The number of anilines is 1. The molecule has 1 amide bonds. The molecular weight excluding hydrogens is 261 g/mol. The molecule has 0 fully saturated rings. The molecule has 106 valence electrons. The third-order valence-corrected chi connectivity index (χ3v) is 3.27. The normalized spacial score (nSPS) is 14.6. The first-order valence-electron chi connectivity index (χ1n) is 6.57. The summed E-state index contributed by atoms with van der Waals surface area (Å²) in [6.45, 7) is 0. The molecule has 20 heavy (non-hydrogen) atoms. The molecule has 4 nitrogen and oxygen atoms in total. The standard InChI is InChI=1S/C15H16FNO3/c16-11-7-4-8-12(14(11)15(19)20)17-13(18)9-10-5-2-1-3-6-10/h4-5,7-8H,1-3,6,9H2,(H,17,18)(H,19,20). The maximum absolute atomic E-state index is 13.5. The maximum atomic E-state index is 13.5. The summed E-state index contributed by atoms with van der Waals surface area (Å²) in [5, 5.41) is 11.5. The second-order valence-corrected chi connectivity index (χ2v) is 4.80. The van der Waals surface area contributed by atoms with Gasteiger partial charge in [-0.2, -0.15) is 0 Å². The number of hydrogen-bond acceptors (Lipinski definition) is 2. The Bertz CT molecular complexity index is 566. The van der Waals surface area contributed by atoms with Gasteiger partial charge in [0.15, 0.2) is 0 Å². The number of benzene rings is 1. The van der Waals surface area contributed by atoms with Crippen molar-refractivity contribution in [3.05, 3.63) is 41.2 Å². The number of carbonyl (C=O) groups is 2. The molecule has 0 aromatic heterocycles. The van der Waals surface area contributed by atoms with Crippen LogP contribution in [0, 0.1) is 5.82 Å². The fourth-order valence-corrected chi connectivity index (χ4v) is 2.31. The Kier molecular flexibility index (Phi) is 4.50. The molecule has 1 aromatic carbocycles. The first kappa shape index (κ1) is 14.2. The number of allylic oxidation sites excluding steroid dienone is 1. The highest BCUT2D eigenvalue weighted by Crippen LogP contribution is 2.22. The van der Waals surface area contributed by atoms with Crippen LogP contribution in [-0.2, 0) is 4.79 Å². The maximum Gasteiger partial charge on any atom is 0.340 e. The van der Waals surface area contributed by atoms with Crippen LogP contribution in [0.2, 0.25) is 0 Å². The average Bonchev–Trinajstić information content (AvgIpc) is 2.39. The van der Waals surface area contributed by atoms with Crippen molar-refractivity contribution < 1.29 is 19.1 Å². The van der Waals surface area contributed by atoms with Gasteiger partial charge in [-0.15, -0.1) is 0 Å². The highest BCUT2D eigenvalue weighted by molar-refractivity contribution is 6.01. The van der Waals surface area contributed by atoms with Crippen molar-refractivity contribution in [1.82, 2.24) is 0 Å². The molecule has 0 atom stereocenters. The largest absolute Gasteiger partial charge is 0.478 e. The second-order valence-electron chi connectivity index (χ2n) is 4.80. The van der Waals surface area contributed by atoms with Gasteiger partial charge < -0.3 is 10.4 Å². The van der Waals surface area contributed by atoms with Gasteiger partial charge in [-0.1, -0.05) is 17.7 Å². The Balaban J connectivity index is 2.10. The lowest BCUT2D eigenvalue weighted by Gasteiger charge is -2.13. The van der Waals surface area contributed by atoms with Gasteiger partial charge in [0, 0.05) is 6.42 Å². The van der Waals surface area contributed by atoms with Gasteiger partial charge in [0.1, 0.15) is 11.4 Å². The van der Waals surface area contributed by atoms with Crippen LogP contribution in [0.4, 0.5) is 10.1 Å². The van der Waals surface area contributed by atoms with Crippen molar-refractivity contribution >= 4 is 17.6 Å². The Morgan fingerprint density at radius 2 is 2.10 bits per heavy atom. The van der Waals surface area contributed by atoms with E-state index in [0.29, 0.717) is 0 Å². The average molecular weight is 277 g/mol. The molecule has 0 aliphatic heterocycles. The lowest BCUT2D eigenvalue weighted by molar-refractivity contribution is -0.115. The number of rotatable bonds is 4. The van der Waals surface area contributed by atoms with E-state index in [9.17, 15) is 14.0 Å². The van der Waals surface area contributed by atoms with Crippen LogP contribution >= 0.6 is 0 Å². The predicted octanol–water partition coefficient (Wildman–Crippen LogP) is 3.35. The zero-order valence-corrected chi connectivity index (χ0v) is 11.0. The highest BCUT2D eigenvalue weighted by atomic mass is 19.1. The van der Waals surface area contributed by atoms with Crippen LogP contribution in [-0.4, -0.2) is 17.0 Å². The molecule has 5 heteroatoms. The summed E-state index contributed by atoms with van der Waals surface area (Å²) >= 11 is 0. The third-order valence-electron chi connectivity index (χ3n) is 3.27. The van der Waals surface area contributed by atoms with Crippen LogP contribution in [0.25, 0.3) is 0 Å². The fourth-order valence-electron chi connectivity index (χ4n) is 2.31. The second kappa shape index (κ2) is 6.32. The molecule has 1 aliphatic rings. The Morgan fingerprint density at radius 3 is 2.75 bits per heavy atom. The monoisotopic (exact) mass is 277 g/mol. The van der Waals surface area contributed by atoms with E-state index in [1.807, 2.05) is 6.08 Å². The van der Waals surface area contributed by atoms with Crippen LogP contribution in [0.1, 0.15) is 42.5 Å². The predicted molar refractivity (Wildman–Crippen MR) is 73.2 cm³/mol. The van der Waals surface area contributed by atoms with Crippen LogP contribution in [0.5, 0.6) is 0 Å². The van der Waals surface area contributed by atoms with Crippen molar-refractivity contribution in [2.24, 2.45) is 0 Å². The number of carboxylic acids is 1. The summed E-state index contributed by atoms with van der Waals surface area (Å²) in [7, 11) is 0. The molecule has 0 saturated carbocycles. The quantitative estimate of drug-likeness (QED) is 0.829. The van der Waals surface area contributed by atoms with Crippen molar-refractivity contribution in [3.8, 4) is 0 Å². The molecule has 0 heterocycles. The number of hydrogen-bond donors (Lipinski definition) is 2. The number of aromatic carboxylic acids is 1. The molecule has 2 N–H and O–H groups in total. The molecule has 0 spiro atoms. The summed E-state index contributed by atoms with van der Waals surface area (Å²) in [6, 6.07) is 3.82. The van der Waals surface area contributed by atoms with Gasteiger partial charge in [-0.3, -0.25) is 4.79 Å². The fraction of sp³-hybridized carbons (Fsp3) is 0.333. The Morgan fingerprint density at radius 1 is 1.30 bits per heavy atom. The van der Waals surface area contributed by atoms with E-state index in [-0.39, 0.29) is 18.0 Å². The van der Waals surface area contributed by atoms with Gasteiger partial charge in [0.2, 0.25) is 5.91 Å². The van der Waals surface area contributed by atoms with E-state index in [1.54, 1.807) is 0 Å². The number of amides is 1. The molecule has 1 aliphatic carbocycles. The van der Waals surface area contributed by atoms with Crippen LogP contribution in [0.3, 0.4) is 0 Å². The Labute approximate surface area is 116 Å². The highest BCUT2D eigenvalue weighted by Gasteiger charge is 2.18. The number of carbonyl (C=O) groups excluding carboxylic acids is 1. The molecule has 0 saturated heterocycles. The minimum Gasteiger partial charge on any atom is -0.478 e. The van der Waals surface area contributed by atoms with Crippen LogP contribution < -0.4 is 5.32 Å². The van der Waals surface area contributed by atoms with Gasteiger partial charge >= 0.3 is 5.97 Å². The van der Waals surface area contributed by atoms with E-state index in [2.05, 4.69) is 5.32 Å². The summed E-state index contributed by atoms with van der Waals surface area (Å²) in [6.07, 6.45) is 6.35. The molecule has 2 rings (SSSR count). The van der Waals surface area contributed by atoms with Gasteiger partial charge in [0.25, 0.3) is 0 Å². The summed E-state index contributed by atoms with van der Waals surface area (Å²) in [5.41, 5.74) is 0.555. The molecule has 1 aromatic rings. The summed E-state index contributed by atoms with van der Waals surface area (Å²) in [5.74, 6) is -2.56. The topological polar surface area (TPSA) is 66.4 Å². The third kappa shape index (κ3) is 3.44. The van der Waals surface area contributed by atoms with E-state index in [4.69, 9.17) is 5.11 Å². The molecule has 0 unspecified atom stereocenters. The lowest BCUT2D eigenvalue weighted by Crippen LogP contribution is -2.16. The van der Waals surface area contributed by atoms with Crippen molar-refractivity contribution in [2.45, 2.75) is 32.1 Å². The molecule has 0 radical (unpaired) electrons. The van der Waals surface area contributed by atoms with Gasteiger partial charge in [0.05, 0.1) is 5.69 Å². The lowest BCUT2D eigenvalue weighted by atomic mass is 9.97. The number of halogens is 1. The van der Waals surface area contributed by atoms with E-state index >= 15 is 0 Å². The van der Waals surface area contributed by atoms with Crippen LogP contribution in [0.15, 0.2) is 29.8 Å².